The van der Waals surface area contributed by atoms with Gasteiger partial charge >= 0.3 is 0 Å². The summed E-state index contributed by atoms with van der Waals surface area (Å²) in [6.07, 6.45) is 4.49. The molecule has 0 aliphatic rings. The van der Waals surface area contributed by atoms with E-state index in [9.17, 15) is 0 Å². The van der Waals surface area contributed by atoms with Gasteiger partial charge in [0.15, 0.2) is 0 Å². The summed E-state index contributed by atoms with van der Waals surface area (Å²) in [6, 6.07) is 18.0. The minimum absolute atomic E-state index is 0.215. The molecule has 0 heterocycles. The SMILES string of the molecule is C=C(C)N(CC(C)CCc1ccc(C(C)(C)C)cc1)/C(=C\C)c1ccc(C)cc1. The molecule has 0 spiro atoms. The van der Waals surface area contributed by atoms with Gasteiger partial charge in [0.1, 0.15) is 0 Å². The van der Waals surface area contributed by atoms with E-state index in [0.29, 0.717) is 5.92 Å². The Morgan fingerprint density at radius 2 is 1.62 bits per heavy atom. The molecule has 0 saturated heterocycles. The molecule has 0 radical (unpaired) electrons. The largest absolute Gasteiger partial charge is 0.346 e. The zero-order chi connectivity index (χ0) is 21.6. The van der Waals surface area contributed by atoms with Crippen LogP contribution in [0.2, 0.25) is 0 Å². The molecule has 0 saturated carbocycles. The first-order valence-electron chi connectivity index (χ1n) is 10.9. The van der Waals surface area contributed by atoms with Crippen LogP contribution in [-0.2, 0) is 11.8 Å². The maximum atomic E-state index is 4.26. The Bertz CT molecular complexity index is 816. The number of nitrogens with zero attached hydrogens (tertiary/aromatic N) is 1. The lowest BCUT2D eigenvalue weighted by Gasteiger charge is -2.31. The van der Waals surface area contributed by atoms with E-state index in [0.717, 1.165) is 18.7 Å². The van der Waals surface area contributed by atoms with Crippen LogP contribution in [0.5, 0.6) is 0 Å². The van der Waals surface area contributed by atoms with E-state index >= 15 is 0 Å². The average Bonchev–Trinajstić information content (AvgIpc) is 2.67. The minimum Gasteiger partial charge on any atom is -0.346 e. The highest BCUT2D eigenvalue weighted by Gasteiger charge is 2.16. The van der Waals surface area contributed by atoms with E-state index in [1.807, 2.05) is 0 Å². The van der Waals surface area contributed by atoms with Crippen LogP contribution in [0, 0.1) is 12.8 Å². The molecule has 0 aliphatic heterocycles. The van der Waals surface area contributed by atoms with Crippen molar-refractivity contribution in [1.29, 1.82) is 0 Å². The van der Waals surface area contributed by atoms with Gasteiger partial charge in [0.25, 0.3) is 0 Å². The normalized spacial score (nSPS) is 13.3. The Morgan fingerprint density at radius 3 is 2.10 bits per heavy atom. The van der Waals surface area contributed by atoms with E-state index < -0.39 is 0 Å². The van der Waals surface area contributed by atoms with Gasteiger partial charge in [-0.15, -0.1) is 0 Å². The van der Waals surface area contributed by atoms with Crippen molar-refractivity contribution in [2.45, 2.75) is 66.7 Å². The molecule has 0 amide bonds. The van der Waals surface area contributed by atoms with Crippen molar-refractivity contribution in [2.24, 2.45) is 5.92 Å². The smallest absolute Gasteiger partial charge is 0.0438 e. The van der Waals surface area contributed by atoms with E-state index in [1.54, 1.807) is 0 Å². The van der Waals surface area contributed by atoms with Gasteiger partial charge in [-0.3, -0.25) is 0 Å². The summed E-state index contributed by atoms with van der Waals surface area (Å²) >= 11 is 0. The Hall–Kier alpha value is -2.28. The van der Waals surface area contributed by atoms with Crippen LogP contribution >= 0.6 is 0 Å². The molecule has 0 aliphatic carbocycles. The number of rotatable bonds is 8. The van der Waals surface area contributed by atoms with E-state index in [1.165, 1.54) is 34.4 Å². The maximum absolute atomic E-state index is 4.26. The van der Waals surface area contributed by atoms with Gasteiger partial charge in [0.05, 0.1) is 0 Å². The van der Waals surface area contributed by atoms with E-state index in [4.69, 9.17) is 0 Å². The Balaban J connectivity index is 2.03. The van der Waals surface area contributed by atoms with Crippen molar-refractivity contribution < 1.29 is 0 Å². The summed E-state index contributed by atoms with van der Waals surface area (Å²) in [5.41, 5.74) is 7.93. The number of allylic oxidation sites excluding steroid dienone is 2. The molecule has 1 atom stereocenters. The van der Waals surface area contributed by atoms with Crippen LogP contribution in [-0.4, -0.2) is 11.4 Å². The third-order valence-corrected chi connectivity index (χ3v) is 5.61. The second-order valence-corrected chi connectivity index (χ2v) is 9.48. The third kappa shape index (κ3) is 6.63. The third-order valence-electron chi connectivity index (χ3n) is 5.61. The fourth-order valence-corrected chi connectivity index (χ4v) is 3.65. The Morgan fingerprint density at radius 1 is 1.03 bits per heavy atom. The lowest BCUT2D eigenvalue weighted by atomic mass is 9.86. The van der Waals surface area contributed by atoms with Gasteiger partial charge in [-0.25, -0.2) is 0 Å². The predicted molar refractivity (Wildman–Crippen MR) is 129 cm³/mol. The first-order valence-corrected chi connectivity index (χ1v) is 10.9. The van der Waals surface area contributed by atoms with Crippen LogP contribution < -0.4 is 0 Å². The van der Waals surface area contributed by atoms with Gasteiger partial charge in [-0.1, -0.05) is 94.4 Å². The van der Waals surface area contributed by atoms with E-state index in [-0.39, 0.29) is 5.41 Å². The van der Waals surface area contributed by atoms with E-state index in [2.05, 4.69) is 115 Å². The molecule has 2 aromatic carbocycles. The summed E-state index contributed by atoms with van der Waals surface area (Å²) in [5.74, 6) is 0.578. The molecule has 1 heteroatoms. The molecule has 0 N–H and O–H groups in total. The summed E-state index contributed by atoms with van der Waals surface area (Å²) in [6.45, 7) is 20.8. The quantitative estimate of drug-likeness (QED) is 0.446. The zero-order valence-electron chi connectivity index (χ0n) is 19.5. The monoisotopic (exact) mass is 389 g/mol. The highest BCUT2D eigenvalue weighted by molar-refractivity contribution is 5.65. The van der Waals surface area contributed by atoms with Crippen LogP contribution in [0.3, 0.4) is 0 Å². The molecule has 156 valence electrons. The highest BCUT2D eigenvalue weighted by Crippen LogP contribution is 2.26. The summed E-state index contributed by atoms with van der Waals surface area (Å²) < 4.78 is 0. The Labute approximate surface area is 179 Å². The van der Waals surface area contributed by atoms with Crippen LogP contribution in [0.25, 0.3) is 5.70 Å². The standard InChI is InChI=1S/C28H39N/c1-9-27(25-16-11-22(4)12-17-25)29(21(2)3)20-23(5)10-13-24-14-18-26(19-15-24)28(6,7)8/h9,11-12,14-19,23H,2,10,13,20H2,1,3-8H3/b27-9-. The maximum Gasteiger partial charge on any atom is 0.0438 e. The van der Waals surface area contributed by atoms with Crippen molar-refractivity contribution in [3.8, 4) is 0 Å². The number of aryl methyl sites for hydroxylation is 2. The molecular weight excluding hydrogens is 350 g/mol. The van der Waals surface area contributed by atoms with Gasteiger partial charge in [0, 0.05) is 17.9 Å². The van der Waals surface area contributed by atoms with Crippen LogP contribution in [0.15, 0.2) is 66.9 Å². The van der Waals surface area contributed by atoms with Crippen molar-refractivity contribution >= 4 is 5.70 Å². The summed E-state index contributed by atoms with van der Waals surface area (Å²) in [5, 5.41) is 0. The van der Waals surface area contributed by atoms with Crippen molar-refractivity contribution in [2.75, 3.05) is 6.54 Å². The molecule has 0 aromatic heterocycles. The summed E-state index contributed by atoms with van der Waals surface area (Å²) in [7, 11) is 0. The fraction of sp³-hybridized carbons (Fsp3) is 0.429. The van der Waals surface area contributed by atoms with Gasteiger partial charge < -0.3 is 4.90 Å². The molecule has 29 heavy (non-hydrogen) atoms. The van der Waals surface area contributed by atoms with Crippen LogP contribution in [0.4, 0.5) is 0 Å². The summed E-state index contributed by atoms with van der Waals surface area (Å²) in [4.78, 5) is 2.37. The predicted octanol–water partition coefficient (Wildman–Crippen LogP) is 7.76. The lowest BCUT2D eigenvalue weighted by Crippen LogP contribution is -2.25. The minimum atomic E-state index is 0.215. The molecule has 1 nitrogen and oxygen atoms in total. The molecule has 0 fully saturated rings. The van der Waals surface area contributed by atoms with Crippen molar-refractivity contribution in [3.05, 3.63) is 89.1 Å². The topological polar surface area (TPSA) is 3.24 Å². The van der Waals surface area contributed by atoms with Crippen molar-refractivity contribution in [1.82, 2.24) is 4.90 Å². The molecule has 0 bridgehead atoms. The second-order valence-electron chi connectivity index (χ2n) is 9.48. The van der Waals surface area contributed by atoms with Gasteiger partial charge in [-0.05, 0) is 61.6 Å². The molecule has 2 rings (SSSR count). The second kappa shape index (κ2) is 9.96. The first kappa shape index (κ1) is 23.0. The van der Waals surface area contributed by atoms with Gasteiger partial charge in [-0.2, -0.15) is 0 Å². The number of benzene rings is 2. The Kier molecular flexibility index (Phi) is 7.90. The highest BCUT2D eigenvalue weighted by atomic mass is 15.1. The lowest BCUT2D eigenvalue weighted by molar-refractivity contribution is 0.379. The molecular formula is C28H39N. The zero-order valence-corrected chi connectivity index (χ0v) is 19.5. The number of hydrogen-bond acceptors (Lipinski definition) is 1. The van der Waals surface area contributed by atoms with Crippen molar-refractivity contribution in [3.63, 3.8) is 0 Å². The van der Waals surface area contributed by atoms with Crippen LogP contribution in [0.1, 0.15) is 70.2 Å². The first-order chi connectivity index (χ1) is 13.6. The molecule has 2 aromatic rings. The average molecular weight is 390 g/mol. The van der Waals surface area contributed by atoms with Gasteiger partial charge in [0.2, 0.25) is 0 Å². The number of hydrogen-bond donors (Lipinski definition) is 0. The molecule has 1 unspecified atom stereocenters. The fourth-order valence-electron chi connectivity index (χ4n) is 3.65.